The third-order valence-electron chi connectivity index (χ3n) is 4.87. The van der Waals surface area contributed by atoms with Gasteiger partial charge in [-0.15, -0.1) is 0 Å². The van der Waals surface area contributed by atoms with Crippen LogP contribution in [0, 0.1) is 23.0 Å². The van der Waals surface area contributed by atoms with Gasteiger partial charge in [-0.05, 0) is 5.56 Å². The SMILES string of the molecule is COC(=O)C1=C(C(=O)OC)N(c2cc(F)c(O)c(F)c2)C(N)=C(C#N)C1c1ccccc1. The molecule has 1 aliphatic rings. The summed E-state index contributed by atoms with van der Waals surface area (Å²) in [5.41, 5.74) is 5.30. The molecule has 1 heterocycles. The number of methoxy groups -OCH3 is 2. The fourth-order valence-electron chi connectivity index (χ4n) is 3.46. The van der Waals surface area contributed by atoms with E-state index in [-0.39, 0.29) is 22.7 Å². The van der Waals surface area contributed by atoms with Gasteiger partial charge in [0.2, 0.25) is 0 Å². The second kappa shape index (κ2) is 8.77. The average molecular weight is 441 g/mol. The van der Waals surface area contributed by atoms with E-state index in [4.69, 9.17) is 15.2 Å². The minimum atomic E-state index is -1.35. The van der Waals surface area contributed by atoms with E-state index in [0.29, 0.717) is 17.7 Å². The number of nitrogens with zero attached hydrogens (tertiary/aromatic N) is 2. The van der Waals surface area contributed by atoms with Crippen LogP contribution in [0.5, 0.6) is 5.75 Å². The number of nitriles is 1. The van der Waals surface area contributed by atoms with Crippen molar-refractivity contribution in [3.05, 3.63) is 82.3 Å². The Kier molecular flexibility index (Phi) is 6.11. The number of aromatic hydroxyl groups is 1. The van der Waals surface area contributed by atoms with Crippen molar-refractivity contribution >= 4 is 17.6 Å². The second-order valence-electron chi connectivity index (χ2n) is 6.59. The van der Waals surface area contributed by atoms with Crippen LogP contribution in [-0.2, 0) is 19.1 Å². The van der Waals surface area contributed by atoms with E-state index >= 15 is 0 Å². The largest absolute Gasteiger partial charge is 0.503 e. The van der Waals surface area contributed by atoms with Gasteiger partial charge in [-0.3, -0.25) is 4.90 Å². The summed E-state index contributed by atoms with van der Waals surface area (Å²) in [6.07, 6.45) is 0. The smallest absolute Gasteiger partial charge is 0.355 e. The minimum Gasteiger partial charge on any atom is -0.503 e. The summed E-state index contributed by atoms with van der Waals surface area (Å²) in [4.78, 5) is 26.5. The molecule has 0 aliphatic carbocycles. The van der Waals surface area contributed by atoms with E-state index in [1.54, 1.807) is 30.3 Å². The lowest BCUT2D eigenvalue weighted by molar-refractivity contribution is -0.139. The topological polar surface area (TPSA) is 126 Å². The molecule has 0 saturated heterocycles. The van der Waals surface area contributed by atoms with Crippen LogP contribution in [0.25, 0.3) is 0 Å². The third kappa shape index (κ3) is 3.60. The Hall–Kier alpha value is -4.39. The zero-order valence-corrected chi connectivity index (χ0v) is 16.9. The molecule has 10 heteroatoms. The molecular weight excluding hydrogens is 424 g/mol. The maximum Gasteiger partial charge on any atom is 0.355 e. The lowest BCUT2D eigenvalue weighted by Gasteiger charge is -2.35. The summed E-state index contributed by atoms with van der Waals surface area (Å²) in [5.74, 6) is -7.47. The van der Waals surface area contributed by atoms with Crippen molar-refractivity contribution in [1.29, 1.82) is 5.26 Å². The van der Waals surface area contributed by atoms with Crippen LogP contribution < -0.4 is 10.6 Å². The van der Waals surface area contributed by atoms with Crippen molar-refractivity contribution in [2.45, 2.75) is 5.92 Å². The number of allylic oxidation sites excluding steroid dienone is 1. The number of hydrogen-bond donors (Lipinski definition) is 2. The highest BCUT2D eigenvalue weighted by Gasteiger charge is 2.43. The fourth-order valence-corrected chi connectivity index (χ4v) is 3.46. The monoisotopic (exact) mass is 441 g/mol. The van der Waals surface area contributed by atoms with Crippen molar-refractivity contribution in [3.8, 4) is 11.8 Å². The summed E-state index contributed by atoms with van der Waals surface area (Å²) in [5, 5.41) is 19.3. The lowest BCUT2D eigenvalue weighted by atomic mass is 9.81. The van der Waals surface area contributed by atoms with Crippen molar-refractivity contribution in [3.63, 3.8) is 0 Å². The molecular formula is C22H17F2N3O5. The number of nitrogens with two attached hydrogens (primary N) is 1. The molecule has 0 fully saturated rings. The molecule has 8 nitrogen and oxygen atoms in total. The Morgan fingerprint density at radius 2 is 1.66 bits per heavy atom. The molecule has 0 aromatic heterocycles. The van der Waals surface area contributed by atoms with Crippen LogP contribution >= 0.6 is 0 Å². The maximum absolute atomic E-state index is 14.1. The predicted molar refractivity (Wildman–Crippen MR) is 108 cm³/mol. The van der Waals surface area contributed by atoms with Gasteiger partial charge < -0.3 is 20.3 Å². The highest BCUT2D eigenvalue weighted by Crippen LogP contribution is 2.43. The molecule has 1 unspecified atom stereocenters. The van der Waals surface area contributed by atoms with E-state index in [0.717, 1.165) is 19.1 Å². The molecule has 164 valence electrons. The molecule has 2 aromatic rings. The van der Waals surface area contributed by atoms with Crippen molar-refractivity contribution in [1.82, 2.24) is 0 Å². The number of rotatable bonds is 4. The summed E-state index contributed by atoms with van der Waals surface area (Å²) in [6, 6.07) is 11.6. The number of phenols is 1. The van der Waals surface area contributed by atoms with Gasteiger partial charge in [0.15, 0.2) is 17.4 Å². The quantitative estimate of drug-likeness (QED) is 0.694. The first-order chi connectivity index (χ1) is 15.3. The standard InChI is InChI=1S/C22H17F2N3O5/c1-31-21(29)17-16(11-6-4-3-5-7-11)13(10-25)20(26)27(18(17)22(30)32-2)12-8-14(23)19(28)15(24)9-12/h3-9,16,28H,26H2,1-2H3. The minimum absolute atomic E-state index is 0.168. The Balaban J connectivity index is 2.44. The van der Waals surface area contributed by atoms with Crippen molar-refractivity contribution in [2.24, 2.45) is 5.73 Å². The number of halogens is 2. The number of carbonyl (C=O) groups is 2. The van der Waals surface area contributed by atoms with Crippen LogP contribution in [0.15, 0.2) is 65.1 Å². The first kappa shape index (κ1) is 22.3. The number of carbonyl (C=O) groups excluding carboxylic acids is 2. The van der Waals surface area contributed by atoms with Crippen LogP contribution in [-0.4, -0.2) is 31.3 Å². The van der Waals surface area contributed by atoms with E-state index in [2.05, 4.69) is 0 Å². The zero-order chi connectivity index (χ0) is 23.6. The van der Waals surface area contributed by atoms with E-state index < -0.39 is 40.9 Å². The molecule has 3 rings (SSSR count). The molecule has 3 N–H and O–H groups in total. The van der Waals surface area contributed by atoms with Gasteiger partial charge in [0.1, 0.15) is 11.5 Å². The van der Waals surface area contributed by atoms with Gasteiger partial charge in [0, 0.05) is 12.1 Å². The molecule has 32 heavy (non-hydrogen) atoms. The molecule has 0 radical (unpaired) electrons. The Morgan fingerprint density at radius 3 is 2.16 bits per heavy atom. The molecule has 2 aromatic carbocycles. The first-order valence-electron chi connectivity index (χ1n) is 9.10. The Labute approximate surface area is 181 Å². The van der Waals surface area contributed by atoms with Gasteiger partial charge in [-0.1, -0.05) is 30.3 Å². The van der Waals surface area contributed by atoms with Crippen molar-refractivity contribution < 1.29 is 33.0 Å². The molecule has 0 bridgehead atoms. The lowest BCUT2D eigenvalue weighted by Crippen LogP contribution is -2.40. The van der Waals surface area contributed by atoms with Crippen LogP contribution in [0.4, 0.5) is 14.5 Å². The normalized spacial score (nSPS) is 16.0. The summed E-state index contributed by atoms with van der Waals surface area (Å²) in [6.45, 7) is 0. The summed E-state index contributed by atoms with van der Waals surface area (Å²) < 4.78 is 37.9. The molecule has 0 spiro atoms. The van der Waals surface area contributed by atoms with Gasteiger partial charge in [0.05, 0.1) is 43.0 Å². The summed E-state index contributed by atoms with van der Waals surface area (Å²) in [7, 11) is 2.11. The zero-order valence-electron chi connectivity index (χ0n) is 16.9. The van der Waals surface area contributed by atoms with E-state index in [1.807, 2.05) is 6.07 Å². The van der Waals surface area contributed by atoms with Gasteiger partial charge in [-0.2, -0.15) is 5.26 Å². The van der Waals surface area contributed by atoms with Gasteiger partial charge >= 0.3 is 11.9 Å². The fraction of sp³-hybridized carbons (Fsp3) is 0.136. The second-order valence-corrected chi connectivity index (χ2v) is 6.59. The summed E-state index contributed by atoms with van der Waals surface area (Å²) >= 11 is 0. The number of ether oxygens (including phenoxy) is 2. The van der Waals surface area contributed by atoms with Crippen LogP contribution in [0.3, 0.4) is 0 Å². The average Bonchev–Trinajstić information content (AvgIpc) is 2.80. The van der Waals surface area contributed by atoms with Crippen molar-refractivity contribution in [2.75, 3.05) is 19.1 Å². The number of phenolic OH excluding ortho intramolecular Hbond substituents is 1. The number of benzene rings is 2. The third-order valence-corrected chi connectivity index (χ3v) is 4.87. The van der Waals surface area contributed by atoms with Gasteiger partial charge in [-0.25, -0.2) is 18.4 Å². The molecule has 0 amide bonds. The van der Waals surface area contributed by atoms with Gasteiger partial charge in [0.25, 0.3) is 0 Å². The van der Waals surface area contributed by atoms with Crippen LogP contribution in [0.2, 0.25) is 0 Å². The molecule has 0 saturated carbocycles. The number of hydrogen-bond acceptors (Lipinski definition) is 8. The Bertz CT molecular complexity index is 1180. The predicted octanol–water partition coefficient (Wildman–Crippen LogP) is 2.57. The van der Waals surface area contributed by atoms with E-state index in [1.165, 1.54) is 0 Å². The van der Waals surface area contributed by atoms with E-state index in [9.17, 15) is 28.7 Å². The van der Waals surface area contributed by atoms with Crippen LogP contribution in [0.1, 0.15) is 11.5 Å². The number of esters is 2. The first-order valence-corrected chi connectivity index (χ1v) is 9.10. The number of anilines is 1. The molecule has 1 aliphatic heterocycles. The Morgan fingerprint density at radius 1 is 1.09 bits per heavy atom. The highest BCUT2D eigenvalue weighted by molar-refractivity contribution is 6.06. The maximum atomic E-state index is 14.1. The molecule has 1 atom stereocenters. The highest BCUT2D eigenvalue weighted by atomic mass is 19.1.